The van der Waals surface area contributed by atoms with E-state index < -0.39 is 4.92 Å². The van der Waals surface area contributed by atoms with Crippen molar-refractivity contribution in [1.82, 2.24) is 14.7 Å². The fraction of sp³-hybridized carbons (Fsp3) is 0.458. The molecule has 0 saturated carbocycles. The number of nitrogens with zero attached hydrogens (tertiary/aromatic N) is 4. The van der Waals surface area contributed by atoms with E-state index in [1.165, 1.54) is 30.5 Å². The number of benzene rings is 2. The second-order valence-electron chi connectivity index (χ2n) is 8.80. The third-order valence-electron chi connectivity index (χ3n) is 6.46. The Labute approximate surface area is 228 Å². The van der Waals surface area contributed by atoms with E-state index in [0.29, 0.717) is 12.1 Å². The summed E-state index contributed by atoms with van der Waals surface area (Å²) in [5.41, 5.74) is 1.38. The summed E-state index contributed by atoms with van der Waals surface area (Å²) >= 11 is 12.1. The number of piperazine rings is 1. The van der Waals surface area contributed by atoms with E-state index in [9.17, 15) is 14.9 Å². The summed E-state index contributed by atoms with van der Waals surface area (Å²) in [5, 5.41) is 11.8. The van der Waals surface area contributed by atoms with Crippen LogP contribution in [0.25, 0.3) is 0 Å². The Bertz CT molecular complexity index is 1010. The molecule has 4 rings (SSSR count). The lowest BCUT2D eigenvalue weighted by atomic mass is 10.1. The lowest BCUT2D eigenvalue weighted by molar-refractivity contribution is -0.385. The van der Waals surface area contributed by atoms with Crippen molar-refractivity contribution < 1.29 is 9.72 Å². The summed E-state index contributed by atoms with van der Waals surface area (Å²) in [6.45, 7) is 5.91. The number of nitro benzene ring substituents is 1. The first-order valence-electron chi connectivity index (χ1n) is 11.3. The minimum atomic E-state index is -0.510. The van der Waals surface area contributed by atoms with Gasteiger partial charge in [-0.05, 0) is 37.6 Å². The second-order valence-corrected chi connectivity index (χ2v) is 9.61. The summed E-state index contributed by atoms with van der Waals surface area (Å²) in [6, 6.07) is 13.1. The molecule has 11 heteroatoms. The molecule has 0 N–H and O–H groups in total. The quantitative estimate of drug-likeness (QED) is 0.346. The Kier molecular flexibility index (Phi) is 11.5. The molecule has 0 bridgehead atoms. The fourth-order valence-corrected chi connectivity index (χ4v) is 5.15. The molecule has 0 radical (unpaired) electrons. The van der Waals surface area contributed by atoms with E-state index in [1.54, 1.807) is 0 Å². The molecule has 192 valence electrons. The van der Waals surface area contributed by atoms with Crippen LogP contribution in [0.1, 0.15) is 24.0 Å². The molecule has 2 aromatic carbocycles. The van der Waals surface area contributed by atoms with E-state index in [1.807, 2.05) is 23.1 Å². The molecule has 2 fully saturated rings. The van der Waals surface area contributed by atoms with Crippen molar-refractivity contribution in [3.05, 3.63) is 73.8 Å². The van der Waals surface area contributed by atoms with Gasteiger partial charge in [-0.15, -0.1) is 24.8 Å². The van der Waals surface area contributed by atoms with Gasteiger partial charge in [0.15, 0.2) is 0 Å². The molecule has 0 aromatic heterocycles. The fourth-order valence-electron chi connectivity index (χ4n) is 4.81. The average molecular weight is 564 g/mol. The van der Waals surface area contributed by atoms with Crippen LogP contribution < -0.4 is 0 Å². The number of halogens is 4. The average Bonchev–Trinajstić information content (AvgIpc) is 3.30. The molecule has 0 spiro atoms. The van der Waals surface area contributed by atoms with Crippen LogP contribution in [-0.2, 0) is 17.8 Å². The zero-order valence-corrected chi connectivity index (χ0v) is 22.4. The van der Waals surface area contributed by atoms with Gasteiger partial charge in [-0.2, -0.15) is 0 Å². The number of likely N-dealkylation sites (tertiary alicyclic amines) is 1. The van der Waals surface area contributed by atoms with Crippen LogP contribution in [0.15, 0.2) is 42.5 Å². The molecule has 1 atom stereocenters. The van der Waals surface area contributed by atoms with Gasteiger partial charge in [0, 0.05) is 44.4 Å². The monoisotopic (exact) mass is 562 g/mol. The van der Waals surface area contributed by atoms with Crippen molar-refractivity contribution in [1.29, 1.82) is 0 Å². The van der Waals surface area contributed by atoms with Gasteiger partial charge in [-0.25, -0.2) is 0 Å². The Morgan fingerprint density at radius 1 is 0.971 bits per heavy atom. The van der Waals surface area contributed by atoms with Crippen molar-refractivity contribution in [3.63, 3.8) is 0 Å². The molecular formula is C24H30Cl4N4O3. The lowest BCUT2D eigenvalue weighted by Gasteiger charge is -2.43. The van der Waals surface area contributed by atoms with Gasteiger partial charge in [0.1, 0.15) is 0 Å². The van der Waals surface area contributed by atoms with Gasteiger partial charge < -0.3 is 9.80 Å². The van der Waals surface area contributed by atoms with Crippen molar-refractivity contribution in [2.45, 2.75) is 31.8 Å². The van der Waals surface area contributed by atoms with E-state index in [-0.39, 0.29) is 58.9 Å². The van der Waals surface area contributed by atoms with Gasteiger partial charge >= 0.3 is 0 Å². The first-order chi connectivity index (χ1) is 15.9. The highest BCUT2D eigenvalue weighted by Gasteiger charge is 2.33. The van der Waals surface area contributed by atoms with Crippen molar-refractivity contribution in [3.8, 4) is 0 Å². The molecule has 2 saturated heterocycles. The minimum Gasteiger partial charge on any atom is -0.336 e. The minimum absolute atomic E-state index is 0. The summed E-state index contributed by atoms with van der Waals surface area (Å²) in [4.78, 5) is 31.1. The number of amides is 1. The smallest absolute Gasteiger partial charge is 0.274 e. The van der Waals surface area contributed by atoms with Gasteiger partial charge in [-0.1, -0.05) is 53.5 Å². The number of carbonyl (C=O) groups is 1. The van der Waals surface area contributed by atoms with Crippen LogP contribution >= 0.6 is 48.0 Å². The summed E-state index contributed by atoms with van der Waals surface area (Å²) in [6.07, 6.45) is 2.30. The molecule has 2 aromatic rings. The van der Waals surface area contributed by atoms with E-state index in [0.717, 1.165) is 39.3 Å². The SMILES string of the molecule is Cl.Cl.O=C(Cc1cc(Cl)c(Cl)cc1[N+](=O)[O-])N1CCN(Cc2ccccc2)C[C@H]1CN1CCCC1. The Morgan fingerprint density at radius 3 is 2.29 bits per heavy atom. The van der Waals surface area contributed by atoms with Crippen molar-refractivity contribution >= 4 is 59.6 Å². The molecule has 2 heterocycles. The Morgan fingerprint density at radius 2 is 1.63 bits per heavy atom. The zero-order chi connectivity index (χ0) is 23.4. The standard InChI is InChI=1S/C24H28Cl2N4O3.2ClH/c25-21-12-19(23(30(32)33)14-22(21)26)13-24(31)29-11-10-28(15-18-6-2-1-3-7-18)17-20(29)16-27-8-4-5-9-27;;/h1-3,6-7,12,14,20H,4-5,8-11,13,15-17H2;2*1H/t20-;;/m1../s1. The van der Waals surface area contributed by atoms with Gasteiger partial charge in [0.2, 0.25) is 5.91 Å². The second kappa shape index (κ2) is 13.6. The highest BCUT2D eigenvalue weighted by atomic mass is 35.5. The lowest BCUT2D eigenvalue weighted by Crippen LogP contribution is -2.58. The highest BCUT2D eigenvalue weighted by molar-refractivity contribution is 6.42. The Balaban J connectivity index is 0.00000216. The molecule has 2 aliphatic heterocycles. The first-order valence-corrected chi connectivity index (χ1v) is 12.1. The van der Waals surface area contributed by atoms with Crippen LogP contribution in [0.4, 0.5) is 5.69 Å². The van der Waals surface area contributed by atoms with Crippen LogP contribution in [0.2, 0.25) is 10.0 Å². The predicted molar refractivity (Wildman–Crippen MR) is 144 cm³/mol. The Hall–Kier alpha value is -1.61. The summed E-state index contributed by atoms with van der Waals surface area (Å²) < 4.78 is 0. The van der Waals surface area contributed by atoms with Crippen LogP contribution in [0.5, 0.6) is 0 Å². The number of nitro groups is 1. The number of rotatable bonds is 7. The number of hydrogen-bond acceptors (Lipinski definition) is 5. The normalized spacial score (nSPS) is 18.6. The van der Waals surface area contributed by atoms with Crippen LogP contribution in [0.3, 0.4) is 0 Å². The van der Waals surface area contributed by atoms with Crippen LogP contribution in [0, 0.1) is 10.1 Å². The third-order valence-corrected chi connectivity index (χ3v) is 7.19. The van der Waals surface area contributed by atoms with Gasteiger partial charge in [-0.3, -0.25) is 19.8 Å². The summed E-state index contributed by atoms with van der Waals surface area (Å²) in [5.74, 6) is -0.111. The van der Waals surface area contributed by atoms with E-state index in [4.69, 9.17) is 23.2 Å². The molecule has 7 nitrogen and oxygen atoms in total. The number of hydrogen-bond donors (Lipinski definition) is 0. The summed E-state index contributed by atoms with van der Waals surface area (Å²) in [7, 11) is 0. The molecule has 35 heavy (non-hydrogen) atoms. The molecule has 0 aliphatic carbocycles. The first kappa shape index (κ1) is 29.6. The van der Waals surface area contributed by atoms with Gasteiger partial charge in [0.05, 0.1) is 27.4 Å². The van der Waals surface area contributed by atoms with Crippen LogP contribution in [-0.4, -0.2) is 70.8 Å². The molecule has 2 aliphatic rings. The molecule has 0 unspecified atom stereocenters. The van der Waals surface area contributed by atoms with Crippen molar-refractivity contribution in [2.24, 2.45) is 0 Å². The highest BCUT2D eigenvalue weighted by Crippen LogP contribution is 2.31. The molecular weight excluding hydrogens is 534 g/mol. The maximum atomic E-state index is 13.4. The third kappa shape index (κ3) is 7.68. The van der Waals surface area contributed by atoms with Crippen molar-refractivity contribution in [2.75, 3.05) is 39.3 Å². The largest absolute Gasteiger partial charge is 0.336 e. The van der Waals surface area contributed by atoms with E-state index >= 15 is 0 Å². The van der Waals surface area contributed by atoms with E-state index in [2.05, 4.69) is 21.9 Å². The topological polar surface area (TPSA) is 69.9 Å². The number of carbonyl (C=O) groups excluding carboxylic acids is 1. The maximum Gasteiger partial charge on any atom is 0.274 e. The maximum absolute atomic E-state index is 13.4. The molecule has 1 amide bonds. The predicted octanol–water partition coefficient (Wildman–Crippen LogP) is 5.10. The zero-order valence-electron chi connectivity index (χ0n) is 19.3. The van der Waals surface area contributed by atoms with Gasteiger partial charge in [0.25, 0.3) is 5.69 Å².